The molecule has 1 aliphatic heterocycles. The number of phenols is 1. The number of phenolic OH excluding ortho intramolecular Hbond substituents is 1. The molecule has 4 heteroatoms. The Morgan fingerprint density at radius 2 is 2.12 bits per heavy atom. The van der Waals surface area contributed by atoms with Crippen molar-refractivity contribution < 1.29 is 9.84 Å². The summed E-state index contributed by atoms with van der Waals surface area (Å²) in [6.07, 6.45) is 1.80. The van der Waals surface area contributed by atoms with Gasteiger partial charge in [0, 0.05) is 24.8 Å². The van der Waals surface area contributed by atoms with Gasteiger partial charge in [0.15, 0.2) is 0 Å². The fourth-order valence-electron chi connectivity index (χ4n) is 2.25. The lowest BCUT2D eigenvalue weighted by Gasteiger charge is -2.28. The Hall–Kier alpha value is -1.57. The van der Waals surface area contributed by atoms with Gasteiger partial charge in [-0.15, -0.1) is 0 Å². The van der Waals surface area contributed by atoms with Crippen molar-refractivity contribution in [1.29, 1.82) is 5.26 Å². The lowest BCUT2D eigenvalue weighted by Crippen LogP contribution is -2.27. The molecule has 0 amide bonds. The van der Waals surface area contributed by atoms with Gasteiger partial charge in [-0.25, -0.2) is 0 Å². The minimum Gasteiger partial charge on any atom is -0.506 e. The molecule has 0 spiro atoms. The van der Waals surface area contributed by atoms with Crippen LogP contribution in [-0.2, 0) is 4.74 Å². The number of hydrogen-bond donors (Lipinski definition) is 2. The van der Waals surface area contributed by atoms with Crippen LogP contribution in [0.5, 0.6) is 5.75 Å². The molecule has 1 fully saturated rings. The van der Waals surface area contributed by atoms with Crippen LogP contribution >= 0.6 is 0 Å². The molecule has 0 aliphatic carbocycles. The van der Waals surface area contributed by atoms with Crippen LogP contribution in [0.25, 0.3) is 0 Å². The Kier molecular flexibility index (Phi) is 3.62. The van der Waals surface area contributed by atoms with E-state index in [4.69, 9.17) is 15.7 Å². The Morgan fingerprint density at radius 3 is 2.76 bits per heavy atom. The zero-order valence-corrected chi connectivity index (χ0v) is 9.60. The molecule has 1 atom stereocenters. The average molecular weight is 232 g/mol. The molecule has 1 aliphatic rings. The Bertz CT molecular complexity index is 434. The number of nitriles is 1. The second-order valence-electron chi connectivity index (χ2n) is 4.33. The molecule has 1 aromatic rings. The van der Waals surface area contributed by atoms with Crippen molar-refractivity contribution in [2.24, 2.45) is 11.7 Å². The van der Waals surface area contributed by atoms with Crippen molar-refractivity contribution in [1.82, 2.24) is 0 Å². The molecule has 0 unspecified atom stereocenters. The number of nitrogens with two attached hydrogens (primary N) is 1. The van der Waals surface area contributed by atoms with E-state index >= 15 is 0 Å². The molecule has 90 valence electrons. The fourth-order valence-corrected chi connectivity index (χ4v) is 2.25. The van der Waals surface area contributed by atoms with E-state index in [2.05, 4.69) is 0 Å². The molecule has 2 rings (SSSR count). The number of rotatable bonds is 2. The van der Waals surface area contributed by atoms with Crippen molar-refractivity contribution in [3.8, 4) is 11.8 Å². The second-order valence-corrected chi connectivity index (χ2v) is 4.33. The van der Waals surface area contributed by atoms with E-state index in [1.54, 1.807) is 18.2 Å². The maximum absolute atomic E-state index is 9.96. The number of nitrogens with zero attached hydrogens (tertiary/aromatic N) is 1. The van der Waals surface area contributed by atoms with E-state index in [9.17, 15) is 5.11 Å². The summed E-state index contributed by atoms with van der Waals surface area (Å²) in [4.78, 5) is 0. The van der Waals surface area contributed by atoms with Gasteiger partial charge in [-0.2, -0.15) is 5.26 Å². The van der Waals surface area contributed by atoms with Gasteiger partial charge in [-0.3, -0.25) is 0 Å². The molecule has 1 saturated heterocycles. The van der Waals surface area contributed by atoms with E-state index in [-0.39, 0.29) is 17.4 Å². The molecule has 1 aromatic carbocycles. The van der Waals surface area contributed by atoms with Crippen molar-refractivity contribution in [3.63, 3.8) is 0 Å². The van der Waals surface area contributed by atoms with Gasteiger partial charge in [0.2, 0.25) is 0 Å². The third-order valence-corrected chi connectivity index (χ3v) is 3.32. The fraction of sp³-hybridized carbons (Fsp3) is 0.462. The van der Waals surface area contributed by atoms with Crippen LogP contribution in [0.2, 0.25) is 0 Å². The zero-order valence-electron chi connectivity index (χ0n) is 9.60. The maximum atomic E-state index is 9.96. The highest BCUT2D eigenvalue weighted by molar-refractivity contribution is 5.48. The van der Waals surface area contributed by atoms with E-state index < -0.39 is 0 Å². The van der Waals surface area contributed by atoms with Crippen LogP contribution < -0.4 is 5.73 Å². The highest BCUT2D eigenvalue weighted by Gasteiger charge is 2.24. The van der Waals surface area contributed by atoms with Gasteiger partial charge in [0.1, 0.15) is 11.8 Å². The van der Waals surface area contributed by atoms with Gasteiger partial charge in [-0.05, 0) is 24.8 Å². The normalized spacial score (nSPS) is 18.6. The summed E-state index contributed by atoms with van der Waals surface area (Å²) in [6, 6.07) is 6.87. The summed E-state index contributed by atoms with van der Waals surface area (Å²) in [5.41, 5.74) is 7.11. The Morgan fingerprint density at radius 1 is 1.41 bits per heavy atom. The van der Waals surface area contributed by atoms with Crippen LogP contribution in [0, 0.1) is 17.2 Å². The van der Waals surface area contributed by atoms with Gasteiger partial charge < -0.3 is 15.6 Å². The first kappa shape index (κ1) is 11.9. The summed E-state index contributed by atoms with van der Waals surface area (Å²) in [5.74, 6) is 0.331. The minimum absolute atomic E-state index is 0.0222. The summed E-state index contributed by atoms with van der Waals surface area (Å²) in [5, 5.41) is 18.8. The molecule has 1 heterocycles. The summed E-state index contributed by atoms with van der Waals surface area (Å²) in [6.45, 7) is 1.44. The molecule has 0 saturated carbocycles. The van der Waals surface area contributed by atoms with Crippen LogP contribution in [0.15, 0.2) is 18.2 Å². The van der Waals surface area contributed by atoms with Crippen LogP contribution in [0.4, 0.5) is 0 Å². The van der Waals surface area contributed by atoms with Crippen molar-refractivity contribution in [3.05, 3.63) is 29.3 Å². The number of ether oxygens (including phenoxy) is 1. The standard InChI is InChI=1S/C13H16N2O2/c14-8-10-2-1-3-11(13(10)16)12(15)9-4-6-17-7-5-9/h1-3,9,12,16H,4-7,15H2/t12-/m1/s1. The van der Waals surface area contributed by atoms with E-state index in [1.165, 1.54) is 0 Å². The smallest absolute Gasteiger partial charge is 0.138 e. The van der Waals surface area contributed by atoms with Gasteiger partial charge >= 0.3 is 0 Å². The lowest BCUT2D eigenvalue weighted by atomic mass is 9.87. The molecule has 3 N–H and O–H groups in total. The highest BCUT2D eigenvalue weighted by Crippen LogP contribution is 2.34. The molecule has 0 radical (unpaired) electrons. The number of benzene rings is 1. The third kappa shape index (κ3) is 2.41. The number of aromatic hydroxyl groups is 1. The quantitative estimate of drug-likeness (QED) is 0.813. The van der Waals surface area contributed by atoms with Crippen LogP contribution in [-0.4, -0.2) is 18.3 Å². The van der Waals surface area contributed by atoms with Gasteiger partial charge in [-0.1, -0.05) is 12.1 Å². The van der Waals surface area contributed by atoms with Crippen LogP contribution in [0.3, 0.4) is 0 Å². The minimum atomic E-state index is -0.229. The molecule has 4 nitrogen and oxygen atoms in total. The first-order valence-electron chi connectivity index (χ1n) is 5.79. The summed E-state index contributed by atoms with van der Waals surface area (Å²) < 4.78 is 5.29. The number of para-hydroxylation sites is 1. The maximum Gasteiger partial charge on any atom is 0.138 e. The average Bonchev–Trinajstić information content (AvgIpc) is 2.39. The van der Waals surface area contributed by atoms with Crippen molar-refractivity contribution in [2.75, 3.05) is 13.2 Å². The highest BCUT2D eigenvalue weighted by atomic mass is 16.5. The third-order valence-electron chi connectivity index (χ3n) is 3.32. The lowest BCUT2D eigenvalue weighted by molar-refractivity contribution is 0.0581. The monoisotopic (exact) mass is 232 g/mol. The van der Waals surface area contributed by atoms with Gasteiger partial charge in [0.25, 0.3) is 0 Å². The molecule has 0 aromatic heterocycles. The molecule has 0 bridgehead atoms. The van der Waals surface area contributed by atoms with E-state index in [0.29, 0.717) is 11.5 Å². The topological polar surface area (TPSA) is 79.3 Å². The largest absolute Gasteiger partial charge is 0.506 e. The van der Waals surface area contributed by atoms with Gasteiger partial charge in [0.05, 0.1) is 5.56 Å². The summed E-state index contributed by atoms with van der Waals surface area (Å²) in [7, 11) is 0. The molecular weight excluding hydrogens is 216 g/mol. The molecular formula is C13H16N2O2. The van der Waals surface area contributed by atoms with E-state index in [1.807, 2.05) is 6.07 Å². The predicted octanol–water partition coefficient (Wildman–Crippen LogP) is 1.69. The summed E-state index contributed by atoms with van der Waals surface area (Å²) >= 11 is 0. The van der Waals surface area contributed by atoms with Crippen molar-refractivity contribution >= 4 is 0 Å². The SMILES string of the molecule is N#Cc1cccc([C@H](N)C2CCOCC2)c1O. The van der Waals surface area contributed by atoms with Crippen molar-refractivity contribution in [2.45, 2.75) is 18.9 Å². The van der Waals surface area contributed by atoms with E-state index in [0.717, 1.165) is 26.1 Å². The Balaban J connectivity index is 2.24. The first-order chi connectivity index (χ1) is 8.24. The van der Waals surface area contributed by atoms with Crippen LogP contribution in [0.1, 0.15) is 30.0 Å². The Labute approximate surface area is 101 Å². The number of hydrogen-bond acceptors (Lipinski definition) is 4. The molecule has 17 heavy (non-hydrogen) atoms. The zero-order chi connectivity index (χ0) is 12.3. The predicted molar refractivity (Wildman–Crippen MR) is 63.3 cm³/mol. The second kappa shape index (κ2) is 5.17. The first-order valence-corrected chi connectivity index (χ1v) is 5.79.